The van der Waals surface area contributed by atoms with Crippen LogP contribution in [0, 0.1) is 11.8 Å². The summed E-state index contributed by atoms with van der Waals surface area (Å²) in [6, 6.07) is 7.28. The van der Waals surface area contributed by atoms with Crippen molar-refractivity contribution in [1.82, 2.24) is 0 Å². The summed E-state index contributed by atoms with van der Waals surface area (Å²) < 4.78 is 39.3. The number of aromatic hydroxyl groups is 1. The molecule has 6 heteroatoms. The van der Waals surface area contributed by atoms with E-state index in [1.165, 1.54) is 18.2 Å². The summed E-state index contributed by atoms with van der Waals surface area (Å²) in [4.78, 5) is 11.1. The molecule has 26 heavy (non-hydrogen) atoms. The third-order valence-electron chi connectivity index (χ3n) is 3.79. The topological polar surface area (TPSA) is 57.5 Å². The highest BCUT2D eigenvalue weighted by molar-refractivity contribution is 5.88. The van der Waals surface area contributed by atoms with Crippen molar-refractivity contribution in [2.75, 3.05) is 0 Å². The second kappa shape index (κ2) is 7.96. The predicted molar refractivity (Wildman–Crippen MR) is 91.1 cm³/mol. The maximum absolute atomic E-state index is 13.1. The van der Waals surface area contributed by atoms with Crippen molar-refractivity contribution in [1.29, 1.82) is 0 Å². The molecule has 3 nitrogen and oxygen atoms in total. The number of hydrogen-bond acceptors (Lipinski definition) is 2. The summed E-state index contributed by atoms with van der Waals surface area (Å²) in [7, 11) is 0. The molecule has 0 aliphatic heterocycles. The Kier molecular flexibility index (Phi) is 5.93. The summed E-state index contributed by atoms with van der Waals surface area (Å²) in [6.45, 7) is 1.98. The monoisotopic (exact) mass is 362 g/mol. The maximum atomic E-state index is 13.1. The minimum absolute atomic E-state index is 0.113. The molecule has 2 aromatic carbocycles. The second-order valence-electron chi connectivity index (χ2n) is 5.76. The van der Waals surface area contributed by atoms with E-state index in [-0.39, 0.29) is 11.1 Å². The van der Waals surface area contributed by atoms with Crippen molar-refractivity contribution in [3.05, 3.63) is 64.2 Å². The molecule has 0 spiro atoms. The van der Waals surface area contributed by atoms with Crippen molar-refractivity contribution in [2.24, 2.45) is 0 Å². The molecule has 0 heterocycles. The van der Waals surface area contributed by atoms with Crippen LogP contribution >= 0.6 is 0 Å². The first kappa shape index (κ1) is 19.4. The summed E-state index contributed by atoms with van der Waals surface area (Å²) in [5, 5.41) is 18.4. The van der Waals surface area contributed by atoms with E-state index in [9.17, 15) is 23.1 Å². The first-order valence-corrected chi connectivity index (χ1v) is 8.01. The van der Waals surface area contributed by atoms with Crippen LogP contribution in [-0.2, 0) is 12.6 Å². The van der Waals surface area contributed by atoms with Crippen LogP contribution in [0.25, 0.3) is 0 Å². The van der Waals surface area contributed by atoms with Crippen LogP contribution in [-0.4, -0.2) is 16.2 Å². The number of phenolic OH excluding ortho intramolecular Hbond substituents is 1. The van der Waals surface area contributed by atoms with Crippen molar-refractivity contribution in [3.63, 3.8) is 0 Å². The second-order valence-corrected chi connectivity index (χ2v) is 5.76. The first-order chi connectivity index (χ1) is 12.2. The number of carbonyl (C=O) groups is 1. The Morgan fingerprint density at radius 2 is 1.73 bits per heavy atom. The zero-order chi connectivity index (χ0) is 19.3. The molecule has 0 unspecified atom stereocenters. The van der Waals surface area contributed by atoms with Gasteiger partial charge in [-0.15, -0.1) is 0 Å². The van der Waals surface area contributed by atoms with E-state index in [1.807, 2.05) is 6.92 Å². The van der Waals surface area contributed by atoms with Crippen LogP contribution in [0.2, 0.25) is 0 Å². The molecule has 0 saturated carbocycles. The molecular formula is C20H17F3O3. The Hall–Kier alpha value is -2.94. The van der Waals surface area contributed by atoms with Crippen LogP contribution in [0.3, 0.4) is 0 Å². The standard InChI is InChI=1S/C20H17F3O3/c1-2-3-4-15-11-16(19(25)26)8-6-13(15)5-7-14-9-10-17(24)12-18(14)20(21,22)23/h6,8-12,24H,2-4H2,1H3,(H,25,26). The fraction of sp³-hybridized carbons (Fsp3) is 0.250. The van der Waals surface area contributed by atoms with Gasteiger partial charge in [0.15, 0.2) is 0 Å². The van der Waals surface area contributed by atoms with Crippen molar-refractivity contribution in [3.8, 4) is 17.6 Å². The molecular weight excluding hydrogens is 345 g/mol. The SMILES string of the molecule is CCCCc1cc(C(=O)O)ccc1C#Cc1ccc(O)cc1C(F)(F)F. The smallest absolute Gasteiger partial charge is 0.417 e. The molecule has 2 aromatic rings. The molecule has 0 aliphatic rings. The molecule has 0 aliphatic carbocycles. The van der Waals surface area contributed by atoms with Gasteiger partial charge in [0, 0.05) is 11.1 Å². The fourth-order valence-corrected chi connectivity index (χ4v) is 2.43. The lowest BCUT2D eigenvalue weighted by Crippen LogP contribution is -2.07. The van der Waals surface area contributed by atoms with Gasteiger partial charge in [-0.2, -0.15) is 13.2 Å². The van der Waals surface area contributed by atoms with Gasteiger partial charge in [0.25, 0.3) is 0 Å². The summed E-state index contributed by atoms with van der Waals surface area (Å²) in [6.07, 6.45) is -2.35. The van der Waals surface area contributed by atoms with Gasteiger partial charge in [0.1, 0.15) is 5.75 Å². The number of alkyl halides is 3. The van der Waals surface area contributed by atoms with Gasteiger partial charge in [-0.1, -0.05) is 25.2 Å². The zero-order valence-corrected chi connectivity index (χ0v) is 14.0. The minimum atomic E-state index is -4.64. The number of unbranched alkanes of at least 4 members (excludes halogenated alkanes) is 1. The summed E-state index contributed by atoms with van der Waals surface area (Å²) >= 11 is 0. The number of aryl methyl sites for hydroxylation is 1. The molecule has 0 aromatic heterocycles. The Morgan fingerprint density at radius 3 is 2.35 bits per heavy atom. The van der Waals surface area contributed by atoms with E-state index in [4.69, 9.17) is 5.11 Å². The molecule has 2 N–H and O–H groups in total. The van der Waals surface area contributed by atoms with Gasteiger partial charge >= 0.3 is 12.1 Å². The van der Waals surface area contributed by atoms with Gasteiger partial charge in [-0.25, -0.2) is 4.79 Å². The number of halogens is 3. The highest BCUT2D eigenvalue weighted by Gasteiger charge is 2.33. The lowest BCUT2D eigenvalue weighted by Gasteiger charge is -2.09. The van der Waals surface area contributed by atoms with Crippen LogP contribution in [0.5, 0.6) is 5.75 Å². The third-order valence-corrected chi connectivity index (χ3v) is 3.79. The molecule has 0 fully saturated rings. The molecule has 0 amide bonds. The molecule has 0 bridgehead atoms. The van der Waals surface area contributed by atoms with Gasteiger partial charge in [0.2, 0.25) is 0 Å². The van der Waals surface area contributed by atoms with Crippen molar-refractivity contribution in [2.45, 2.75) is 32.4 Å². The van der Waals surface area contributed by atoms with Gasteiger partial charge in [-0.05, 0) is 54.8 Å². The first-order valence-electron chi connectivity index (χ1n) is 8.01. The van der Waals surface area contributed by atoms with Gasteiger partial charge < -0.3 is 10.2 Å². The highest BCUT2D eigenvalue weighted by atomic mass is 19.4. The van der Waals surface area contributed by atoms with Crippen LogP contribution in [0.1, 0.15) is 52.4 Å². The average molecular weight is 362 g/mol. The average Bonchev–Trinajstić information content (AvgIpc) is 2.58. The molecule has 2 rings (SSSR count). The number of carboxylic acid groups (broad SMARTS) is 1. The van der Waals surface area contributed by atoms with Crippen molar-refractivity contribution < 1.29 is 28.2 Å². The fourth-order valence-electron chi connectivity index (χ4n) is 2.43. The third kappa shape index (κ3) is 4.79. The largest absolute Gasteiger partial charge is 0.508 e. The predicted octanol–water partition coefficient (Wildman–Crippen LogP) is 4.85. The molecule has 136 valence electrons. The maximum Gasteiger partial charge on any atom is 0.417 e. The summed E-state index contributed by atoms with van der Waals surface area (Å²) in [5.41, 5.74) is 0.0276. The van der Waals surface area contributed by atoms with Gasteiger partial charge in [0.05, 0.1) is 11.1 Å². The number of rotatable bonds is 4. The van der Waals surface area contributed by atoms with Gasteiger partial charge in [-0.3, -0.25) is 0 Å². The quantitative estimate of drug-likeness (QED) is 0.765. The minimum Gasteiger partial charge on any atom is -0.508 e. The van der Waals surface area contributed by atoms with Crippen LogP contribution in [0.4, 0.5) is 13.2 Å². The van der Waals surface area contributed by atoms with E-state index in [0.29, 0.717) is 23.6 Å². The Bertz CT molecular complexity index is 874. The Morgan fingerprint density at radius 1 is 1.08 bits per heavy atom. The highest BCUT2D eigenvalue weighted by Crippen LogP contribution is 2.33. The van der Waals surface area contributed by atoms with E-state index < -0.39 is 23.5 Å². The Labute approximate surface area is 149 Å². The normalized spacial score (nSPS) is 10.9. The van der Waals surface area contributed by atoms with E-state index >= 15 is 0 Å². The number of carboxylic acids is 1. The lowest BCUT2D eigenvalue weighted by atomic mass is 9.98. The number of benzene rings is 2. The van der Waals surface area contributed by atoms with E-state index in [2.05, 4.69) is 11.8 Å². The zero-order valence-electron chi connectivity index (χ0n) is 14.0. The van der Waals surface area contributed by atoms with Crippen LogP contribution in [0.15, 0.2) is 36.4 Å². The van der Waals surface area contributed by atoms with E-state index in [1.54, 1.807) is 0 Å². The molecule has 0 saturated heterocycles. The lowest BCUT2D eigenvalue weighted by molar-refractivity contribution is -0.137. The van der Waals surface area contributed by atoms with Crippen LogP contribution < -0.4 is 0 Å². The number of phenols is 1. The van der Waals surface area contributed by atoms with Crippen molar-refractivity contribution >= 4 is 5.97 Å². The number of aromatic carboxylic acids is 1. The van der Waals surface area contributed by atoms with E-state index in [0.717, 1.165) is 25.0 Å². The molecule has 0 atom stereocenters. The molecule has 0 radical (unpaired) electrons. The summed E-state index contributed by atoms with van der Waals surface area (Å²) in [5.74, 6) is 3.65. The Balaban J connectivity index is 2.48. The number of hydrogen-bond donors (Lipinski definition) is 2.